The molecule has 0 aliphatic carbocycles. The number of carbonyl (C=O) groups is 2. The van der Waals surface area contributed by atoms with Gasteiger partial charge in [-0.2, -0.15) is 8.42 Å². The summed E-state index contributed by atoms with van der Waals surface area (Å²) in [7, 11) is -4.23. The fraction of sp³-hybridized carbons (Fsp3) is 0.429. The molecule has 0 atom stereocenters. The highest BCUT2D eigenvalue weighted by atomic mass is 32.2. The Labute approximate surface area is 190 Å². The van der Waals surface area contributed by atoms with Crippen LogP contribution < -0.4 is 0 Å². The topological polar surface area (TPSA) is 78.0 Å². The van der Waals surface area contributed by atoms with Crippen molar-refractivity contribution in [1.82, 2.24) is 13.5 Å². The Morgan fingerprint density at radius 1 is 0.839 bits per heavy atom. The molecule has 0 unspecified atom stereocenters. The van der Waals surface area contributed by atoms with Crippen molar-refractivity contribution in [2.45, 2.75) is 32.1 Å². The highest BCUT2D eigenvalue weighted by Gasteiger charge is 2.46. The minimum atomic E-state index is -4.23. The lowest BCUT2D eigenvalue weighted by atomic mass is 10.1. The predicted octanol–water partition coefficient (Wildman–Crippen LogP) is 2.88. The Morgan fingerprint density at radius 2 is 1.35 bits per heavy atom. The van der Waals surface area contributed by atoms with Gasteiger partial charge in [0.1, 0.15) is 5.57 Å². The predicted molar refractivity (Wildman–Crippen MR) is 122 cm³/mol. The number of carbonyl (C=O) groups excluding carboxylic acids is 2. The Kier molecular flexibility index (Phi) is 6.78. The zero-order chi connectivity index (χ0) is 21.8. The summed E-state index contributed by atoms with van der Waals surface area (Å²) in [6.45, 7) is 1.56. The summed E-state index contributed by atoms with van der Waals surface area (Å²) >= 11 is 3.03. The first-order valence-corrected chi connectivity index (χ1v) is 13.5. The van der Waals surface area contributed by atoms with E-state index in [-0.39, 0.29) is 18.7 Å². The third kappa shape index (κ3) is 4.86. The van der Waals surface area contributed by atoms with Crippen LogP contribution >= 0.6 is 22.7 Å². The van der Waals surface area contributed by atoms with Crippen LogP contribution in [0.3, 0.4) is 0 Å². The van der Waals surface area contributed by atoms with E-state index >= 15 is 0 Å². The van der Waals surface area contributed by atoms with Crippen molar-refractivity contribution >= 4 is 44.7 Å². The van der Waals surface area contributed by atoms with Crippen LogP contribution in [0.4, 0.5) is 0 Å². The van der Waals surface area contributed by atoms with Crippen molar-refractivity contribution in [1.29, 1.82) is 0 Å². The van der Waals surface area contributed by atoms with E-state index in [2.05, 4.69) is 0 Å². The number of nitrogens with zero attached hydrogens (tertiary/aromatic N) is 3. The molecule has 2 fully saturated rings. The maximum atomic E-state index is 13.3. The van der Waals surface area contributed by atoms with Crippen molar-refractivity contribution in [3.05, 3.63) is 56.6 Å². The van der Waals surface area contributed by atoms with Crippen LogP contribution in [-0.2, 0) is 32.6 Å². The van der Waals surface area contributed by atoms with E-state index in [0.29, 0.717) is 12.8 Å². The van der Waals surface area contributed by atoms with Crippen molar-refractivity contribution in [2.75, 3.05) is 26.2 Å². The zero-order valence-corrected chi connectivity index (χ0v) is 19.6. The average molecular weight is 480 g/mol. The van der Waals surface area contributed by atoms with Crippen LogP contribution in [-0.4, -0.2) is 59.9 Å². The van der Waals surface area contributed by atoms with Gasteiger partial charge in [0.15, 0.2) is 0 Å². The Bertz CT molecular complexity index is 974. The first kappa shape index (κ1) is 22.0. The summed E-state index contributed by atoms with van der Waals surface area (Å²) in [4.78, 5) is 30.3. The molecule has 0 aromatic carbocycles. The maximum Gasteiger partial charge on any atom is 0.331 e. The molecular formula is C21H25N3O4S3. The second kappa shape index (κ2) is 9.54. The van der Waals surface area contributed by atoms with Gasteiger partial charge in [0.05, 0.1) is 0 Å². The van der Waals surface area contributed by atoms with Gasteiger partial charge in [0.25, 0.3) is 11.8 Å². The normalized spacial score (nSPS) is 19.2. The molecule has 4 heterocycles. The third-order valence-electron chi connectivity index (χ3n) is 5.46. The fourth-order valence-corrected chi connectivity index (χ4v) is 6.69. The van der Waals surface area contributed by atoms with Crippen LogP contribution in [0.5, 0.6) is 0 Å². The van der Waals surface area contributed by atoms with Crippen LogP contribution in [0.2, 0.25) is 0 Å². The van der Waals surface area contributed by atoms with E-state index in [0.717, 1.165) is 50.7 Å². The molecule has 31 heavy (non-hydrogen) atoms. The van der Waals surface area contributed by atoms with Crippen LogP contribution in [0, 0.1) is 0 Å². The van der Waals surface area contributed by atoms with E-state index < -0.39 is 22.0 Å². The van der Waals surface area contributed by atoms with Gasteiger partial charge in [-0.05, 0) is 42.2 Å². The average Bonchev–Trinajstić information content (AvgIpc) is 3.46. The molecule has 7 nitrogen and oxygen atoms in total. The molecule has 2 aliphatic rings. The molecular weight excluding hydrogens is 454 g/mol. The second-order valence-electron chi connectivity index (χ2n) is 7.56. The summed E-state index contributed by atoms with van der Waals surface area (Å²) in [5, 5.41) is 3.83. The third-order valence-corrected chi connectivity index (χ3v) is 9.14. The van der Waals surface area contributed by atoms with E-state index in [1.807, 2.05) is 39.9 Å². The van der Waals surface area contributed by atoms with Crippen molar-refractivity contribution in [2.24, 2.45) is 0 Å². The molecule has 2 amide bonds. The summed E-state index contributed by atoms with van der Waals surface area (Å²) in [6, 6.07) is 7.61. The van der Waals surface area contributed by atoms with Gasteiger partial charge in [0.2, 0.25) is 0 Å². The molecule has 0 radical (unpaired) electrons. The van der Waals surface area contributed by atoms with Crippen molar-refractivity contribution < 1.29 is 18.0 Å². The van der Waals surface area contributed by atoms with Crippen LogP contribution in [0.1, 0.15) is 29.0 Å². The molecule has 0 bridgehead atoms. The Balaban J connectivity index is 1.62. The molecule has 0 saturated carbocycles. The molecule has 2 aromatic heterocycles. The molecule has 2 aromatic rings. The minimum Gasteiger partial charge on any atom is -0.377 e. The lowest BCUT2D eigenvalue weighted by Gasteiger charge is -2.36. The molecule has 10 heteroatoms. The standard InChI is InChI=1S/C21H25N3O4S3/c25-20-19(16-22-10-2-1-3-11-22)21(26)24(13-9-18-7-5-15-30-18)31(27,28)23(20)12-8-17-6-4-14-29-17/h4-7,14-16H,1-3,8-13H2. The summed E-state index contributed by atoms with van der Waals surface area (Å²) in [5.74, 6) is -1.45. The number of thiophene rings is 2. The van der Waals surface area contributed by atoms with Gasteiger partial charge in [0, 0.05) is 55.0 Å². The molecule has 166 valence electrons. The maximum absolute atomic E-state index is 13.3. The Hall–Kier alpha value is -2.17. The molecule has 2 saturated heterocycles. The largest absolute Gasteiger partial charge is 0.377 e. The quantitative estimate of drug-likeness (QED) is 0.451. The number of piperidine rings is 1. The molecule has 0 N–H and O–H groups in total. The molecule has 0 spiro atoms. The zero-order valence-electron chi connectivity index (χ0n) is 17.1. The molecule has 4 rings (SSSR count). The summed E-state index contributed by atoms with van der Waals surface area (Å²) in [5.41, 5.74) is -0.0610. The minimum absolute atomic E-state index is 0.0157. The van der Waals surface area contributed by atoms with Gasteiger partial charge >= 0.3 is 10.2 Å². The Morgan fingerprint density at radius 3 is 1.81 bits per heavy atom. The van der Waals surface area contributed by atoms with E-state index in [4.69, 9.17) is 0 Å². The van der Waals surface area contributed by atoms with Gasteiger partial charge in [-0.25, -0.2) is 8.61 Å². The monoisotopic (exact) mass is 479 g/mol. The first-order chi connectivity index (χ1) is 15.0. The highest BCUT2D eigenvalue weighted by Crippen LogP contribution is 2.26. The van der Waals surface area contributed by atoms with Crippen LogP contribution in [0.25, 0.3) is 0 Å². The highest BCUT2D eigenvalue weighted by molar-refractivity contribution is 7.88. The second-order valence-corrected chi connectivity index (χ2v) is 11.4. The summed E-state index contributed by atoms with van der Waals surface area (Å²) < 4.78 is 28.3. The molecule has 2 aliphatic heterocycles. The van der Waals surface area contributed by atoms with Gasteiger partial charge < -0.3 is 4.90 Å². The van der Waals surface area contributed by atoms with Gasteiger partial charge in [-0.1, -0.05) is 12.1 Å². The first-order valence-electron chi connectivity index (χ1n) is 10.4. The van der Waals surface area contributed by atoms with Crippen LogP contribution in [0.15, 0.2) is 46.8 Å². The number of hydrogen-bond donors (Lipinski definition) is 0. The lowest BCUT2D eigenvalue weighted by molar-refractivity contribution is -0.132. The SMILES string of the molecule is O=C1C(=CN2CCCCC2)C(=O)N(CCc2cccs2)S(=O)(=O)N1CCc1cccs1. The van der Waals surface area contributed by atoms with Gasteiger partial charge in [-0.15, -0.1) is 22.7 Å². The van der Waals surface area contributed by atoms with E-state index in [1.165, 1.54) is 22.7 Å². The fourth-order valence-electron chi connectivity index (χ4n) is 3.80. The van der Waals surface area contributed by atoms with E-state index in [1.54, 1.807) is 6.20 Å². The number of amides is 2. The smallest absolute Gasteiger partial charge is 0.331 e. The number of likely N-dealkylation sites (tertiary alicyclic amines) is 1. The van der Waals surface area contributed by atoms with E-state index in [9.17, 15) is 18.0 Å². The summed E-state index contributed by atoms with van der Waals surface area (Å²) in [6.07, 6.45) is 5.53. The van der Waals surface area contributed by atoms with Gasteiger partial charge in [-0.3, -0.25) is 9.59 Å². The number of hydrogen-bond acceptors (Lipinski definition) is 7. The number of rotatable bonds is 7. The van der Waals surface area contributed by atoms with Crippen molar-refractivity contribution in [3.63, 3.8) is 0 Å². The van der Waals surface area contributed by atoms with Crippen molar-refractivity contribution in [3.8, 4) is 0 Å². The lowest BCUT2D eigenvalue weighted by Crippen LogP contribution is -2.57.